The Kier molecular flexibility index (Phi) is 3700. The van der Waals surface area contributed by atoms with Gasteiger partial charge in [-0.15, -0.1) is 0 Å². The van der Waals surface area contributed by atoms with Crippen molar-refractivity contribution in [2.24, 2.45) is 0 Å². The van der Waals surface area contributed by atoms with E-state index in [2.05, 4.69) is 0 Å². The molecule has 0 aromatic rings. The van der Waals surface area contributed by atoms with Gasteiger partial charge in [0.2, 0.25) is 0 Å². The van der Waals surface area contributed by atoms with Gasteiger partial charge in [0, 0.05) is 0 Å². The summed E-state index contributed by atoms with van der Waals surface area (Å²) < 4.78 is 0. The first-order valence-corrected chi connectivity index (χ1v) is 0. The molecule has 30 heteroatoms. The number of hydrogen-bond donors (Lipinski definition) is 0. The predicted octanol–water partition coefficient (Wildman–Crippen LogP) is -26.0. The summed E-state index contributed by atoms with van der Waals surface area (Å²) in [4.78, 5) is 0. The molecule has 32 N–H and O–H groups in total. The average Bonchev–Trinajstić information content (AvgIpc) is 0. The van der Waals surface area contributed by atoms with Crippen LogP contribution in [0.1, 0.15) is 0 Å². The van der Waals surface area contributed by atoms with Gasteiger partial charge in [0.1, 0.15) is 0 Å². The molecule has 0 spiro atoms. The van der Waals surface area contributed by atoms with E-state index < -0.39 is 0 Å². The Hall–Kier alpha value is 17.0. The SMILES string of the molecule is O.O.O.O.O.O.O.O.O.O.O.O.O.O.O.O.[CaH2].[CaH2].[CaH2].[CaH2].[CaH2].[CaH2].[CaH2].[CaH2].[CaH2].[CaH2].[CaH2].[CaH2].[CaH2].[CaH2]. The summed E-state index contributed by atoms with van der Waals surface area (Å²) in [6.45, 7) is 0. The monoisotopic (exact) mass is 876 g/mol. The van der Waals surface area contributed by atoms with Crippen LogP contribution in [0.15, 0.2) is 0 Å². The zero-order valence-electron chi connectivity index (χ0n) is 8.00. The quantitative estimate of drug-likeness (QED) is 0.205. The van der Waals surface area contributed by atoms with Gasteiger partial charge in [-0.05, 0) is 0 Å². The van der Waals surface area contributed by atoms with Gasteiger partial charge in [0.05, 0.1) is 0 Å². The summed E-state index contributed by atoms with van der Waals surface area (Å²) in [5, 5.41) is 0. The Balaban J connectivity index is 0. The van der Waals surface area contributed by atoms with Gasteiger partial charge in [-0.25, -0.2) is 0 Å². The van der Waals surface area contributed by atoms with Crippen LogP contribution in [0.4, 0.5) is 0 Å². The first-order valence-electron chi connectivity index (χ1n) is 0. The molecule has 16 nitrogen and oxygen atoms in total. The van der Waals surface area contributed by atoms with Crippen LogP contribution >= 0.6 is 0 Å². The molecule has 0 aliphatic heterocycles. The van der Waals surface area contributed by atoms with Crippen LogP contribution < -0.4 is 0 Å². The Morgan fingerprint density at radius 3 is 0.0667 bits per heavy atom. The molecular weight excluding hydrogens is 817 g/mol. The van der Waals surface area contributed by atoms with Crippen molar-refractivity contribution in [3.8, 4) is 0 Å². The van der Waals surface area contributed by atoms with Gasteiger partial charge >= 0.3 is 528 Å². The Morgan fingerprint density at radius 1 is 0.0667 bits per heavy atom. The minimum atomic E-state index is 0. The fourth-order valence-electron chi connectivity index (χ4n) is 0. The van der Waals surface area contributed by atoms with Crippen LogP contribution in [0.5, 0.6) is 0 Å². The summed E-state index contributed by atoms with van der Waals surface area (Å²) in [6, 6.07) is 0. The molecule has 0 radical (unpaired) electrons. The zero-order chi connectivity index (χ0) is 0. The maximum atomic E-state index is 0. The molecule has 0 aromatic heterocycles. The second-order valence-corrected chi connectivity index (χ2v) is 0. The first-order chi connectivity index (χ1) is 0. The van der Waals surface area contributed by atoms with Crippen LogP contribution in [0.2, 0.25) is 0 Å². The summed E-state index contributed by atoms with van der Waals surface area (Å²) in [7, 11) is 0. The summed E-state index contributed by atoms with van der Waals surface area (Å²) >= 11 is 0. The van der Waals surface area contributed by atoms with Crippen molar-refractivity contribution >= 4 is 528 Å². The van der Waals surface area contributed by atoms with E-state index in [9.17, 15) is 0 Å². The Bertz CT molecular complexity index is 29.9. The molecular formula is H60Ca14O16. The molecule has 0 aromatic carbocycles. The molecule has 0 unspecified atom stereocenters. The number of rotatable bonds is 0. The van der Waals surface area contributed by atoms with E-state index in [0.717, 1.165) is 0 Å². The van der Waals surface area contributed by atoms with Crippen molar-refractivity contribution in [1.82, 2.24) is 0 Å². The summed E-state index contributed by atoms with van der Waals surface area (Å²) in [5.74, 6) is 0. The third-order valence-corrected chi connectivity index (χ3v) is 0. The zero-order valence-corrected chi connectivity index (χ0v) is 8.00. The van der Waals surface area contributed by atoms with Gasteiger partial charge < -0.3 is 87.6 Å². The molecule has 0 saturated carbocycles. The van der Waals surface area contributed by atoms with Crippen LogP contribution in [0.25, 0.3) is 0 Å². The minimum absolute atomic E-state index is 0. The maximum absolute atomic E-state index is 0. The normalized spacial score (nSPS) is 0. The second-order valence-electron chi connectivity index (χ2n) is 0. The predicted molar refractivity (Wildman–Crippen MR) is 177 cm³/mol. The van der Waals surface area contributed by atoms with Crippen LogP contribution in [-0.4, -0.2) is 616 Å². The van der Waals surface area contributed by atoms with E-state index in [1.54, 1.807) is 0 Å². The molecule has 0 amide bonds. The third-order valence-electron chi connectivity index (χ3n) is 0. The van der Waals surface area contributed by atoms with Gasteiger partial charge in [-0.1, -0.05) is 0 Å². The Morgan fingerprint density at radius 2 is 0.0667 bits per heavy atom. The van der Waals surface area contributed by atoms with Crippen molar-refractivity contribution in [2.45, 2.75) is 0 Å². The van der Waals surface area contributed by atoms with Crippen LogP contribution in [0, 0.1) is 0 Å². The van der Waals surface area contributed by atoms with Crippen molar-refractivity contribution in [3.63, 3.8) is 0 Å². The Labute approximate surface area is 595 Å². The third kappa shape index (κ3) is 302. The van der Waals surface area contributed by atoms with Crippen molar-refractivity contribution in [1.29, 1.82) is 0 Å². The fourth-order valence-corrected chi connectivity index (χ4v) is 0. The van der Waals surface area contributed by atoms with Gasteiger partial charge in [0.25, 0.3) is 0 Å². The topological polar surface area (TPSA) is 504 Å². The van der Waals surface area contributed by atoms with E-state index in [1.807, 2.05) is 0 Å². The standard InChI is InChI=1S/14Ca.16H2O.28H/h;;;;;;;;;;;;;;16*1H2;;;;;;;;;;;;;;;;;;;;;;;;;;;;. The summed E-state index contributed by atoms with van der Waals surface area (Å²) in [5.41, 5.74) is 0. The van der Waals surface area contributed by atoms with E-state index in [-0.39, 0.29) is 616 Å². The molecule has 0 aliphatic carbocycles. The molecule has 0 saturated heterocycles. The first kappa shape index (κ1) is 344. The van der Waals surface area contributed by atoms with Crippen molar-refractivity contribution in [3.05, 3.63) is 0 Å². The molecule has 0 atom stereocenters. The van der Waals surface area contributed by atoms with Crippen LogP contribution in [-0.2, 0) is 0 Å². The molecule has 184 valence electrons. The van der Waals surface area contributed by atoms with Crippen LogP contribution in [0.3, 0.4) is 0 Å². The molecule has 0 rings (SSSR count). The van der Waals surface area contributed by atoms with E-state index in [1.165, 1.54) is 0 Å². The molecule has 0 fully saturated rings. The van der Waals surface area contributed by atoms with Gasteiger partial charge in [-0.3, -0.25) is 0 Å². The van der Waals surface area contributed by atoms with Crippen molar-refractivity contribution in [2.75, 3.05) is 0 Å². The van der Waals surface area contributed by atoms with Crippen molar-refractivity contribution < 1.29 is 87.6 Å². The van der Waals surface area contributed by atoms with E-state index in [4.69, 9.17) is 0 Å². The average molecular weight is 878 g/mol. The summed E-state index contributed by atoms with van der Waals surface area (Å²) in [6.07, 6.45) is 0. The van der Waals surface area contributed by atoms with E-state index >= 15 is 0 Å². The molecule has 0 heterocycles. The molecule has 0 bridgehead atoms. The fraction of sp³-hybridized carbons (Fsp3) is 0. The van der Waals surface area contributed by atoms with E-state index in [0.29, 0.717) is 0 Å². The molecule has 30 heavy (non-hydrogen) atoms. The number of hydrogen-bond acceptors (Lipinski definition) is 0. The molecule has 0 aliphatic rings. The van der Waals surface area contributed by atoms with Gasteiger partial charge in [0.15, 0.2) is 0 Å². The second kappa shape index (κ2) is 322. The van der Waals surface area contributed by atoms with Gasteiger partial charge in [-0.2, -0.15) is 0 Å².